The Kier molecular flexibility index (Phi) is 7.55. The molecule has 1 amide bonds. The Balaban J connectivity index is 1.28. The van der Waals surface area contributed by atoms with Crippen molar-refractivity contribution in [3.8, 4) is 0 Å². The van der Waals surface area contributed by atoms with Crippen LogP contribution in [0.1, 0.15) is 35.7 Å². The normalized spacial score (nSPS) is 16.6. The first-order valence-corrected chi connectivity index (χ1v) is 12.5. The van der Waals surface area contributed by atoms with Crippen LogP contribution < -0.4 is 15.8 Å². The molecule has 0 unspecified atom stereocenters. The highest BCUT2D eigenvalue weighted by molar-refractivity contribution is 5.81. The fourth-order valence-electron chi connectivity index (χ4n) is 4.94. The van der Waals surface area contributed by atoms with Crippen LogP contribution >= 0.6 is 0 Å². The fraction of sp³-hybridized carbons (Fsp3) is 0.464. The molecule has 1 aliphatic rings. The van der Waals surface area contributed by atoms with Crippen molar-refractivity contribution in [2.24, 2.45) is 0 Å². The van der Waals surface area contributed by atoms with Gasteiger partial charge in [0.1, 0.15) is 12.2 Å². The average Bonchev–Trinajstić information content (AvgIpc) is 2.81. The van der Waals surface area contributed by atoms with Crippen molar-refractivity contribution in [3.63, 3.8) is 0 Å². The standard InChI is InChI=1S/C28H37N5O2/c1-19-8-6-9-24(14-19)32-13-12-31(17-22(32)4)11-7-10-29-27(34)18-33-26-16-21(3)20(2)15-25(26)30-23(5)28(33)35/h6,8-9,14-16,22H,7,10-13,17-18H2,1-5H3,(H,29,34)/t22-/m0/s1. The largest absolute Gasteiger partial charge is 0.366 e. The molecule has 1 atom stereocenters. The molecule has 0 saturated carbocycles. The van der Waals surface area contributed by atoms with Gasteiger partial charge in [-0.1, -0.05) is 12.1 Å². The number of benzene rings is 2. The van der Waals surface area contributed by atoms with Crippen LogP contribution in [0.3, 0.4) is 0 Å². The molecule has 0 aliphatic carbocycles. The van der Waals surface area contributed by atoms with Gasteiger partial charge in [-0.15, -0.1) is 0 Å². The van der Waals surface area contributed by atoms with Crippen LogP contribution in [0.5, 0.6) is 0 Å². The van der Waals surface area contributed by atoms with Crippen molar-refractivity contribution < 1.29 is 4.79 Å². The molecule has 7 heteroatoms. The van der Waals surface area contributed by atoms with E-state index in [9.17, 15) is 9.59 Å². The van der Waals surface area contributed by atoms with Gasteiger partial charge < -0.3 is 10.2 Å². The van der Waals surface area contributed by atoms with Crippen LogP contribution in [0, 0.1) is 27.7 Å². The Morgan fingerprint density at radius 1 is 1.09 bits per heavy atom. The zero-order valence-corrected chi connectivity index (χ0v) is 21.6. The Bertz CT molecular complexity index is 1280. The van der Waals surface area contributed by atoms with Crippen LogP contribution in [0.25, 0.3) is 11.0 Å². The SMILES string of the molecule is Cc1cccc(N2CCN(CCCNC(=O)Cn3c(=O)c(C)nc4cc(C)c(C)cc43)C[C@@H]2C)c1. The number of nitrogens with zero attached hydrogens (tertiary/aromatic N) is 4. The maximum atomic E-state index is 12.7. The molecule has 0 bridgehead atoms. The molecule has 4 rings (SSSR count). The molecular formula is C28H37N5O2. The van der Waals surface area contributed by atoms with Crippen molar-refractivity contribution in [2.75, 3.05) is 37.6 Å². The summed E-state index contributed by atoms with van der Waals surface area (Å²) in [7, 11) is 0. The maximum Gasteiger partial charge on any atom is 0.272 e. The first kappa shape index (κ1) is 24.9. The smallest absolute Gasteiger partial charge is 0.272 e. The lowest BCUT2D eigenvalue weighted by Crippen LogP contribution is -2.52. The van der Waals surface area contributed by atoms with E-state index in [0.29, 0.717) is 23.8 Å². The molecule has 7 nitrogen and oxygen atoms in total. The van der Waals surface area contributed by atoms with E-state index < -0.39 is 0 Å². The molecule has 1 saturated heterocycles. The molecule has 186 valence electrons. The van der Waals surface area contributed by atoms with Gasteiger partial charge in [0.25, 0.3) is 5.56 Å². The van der Waals surface area contributed by atoms with Gasteiger partial charge in [0, 0.05) is 37.9 Å². The predicted octanol–water partition coefficient (Wildman–Crippen LogP) is 3.35. The lowest BCUT2D eigenvalue weighted by molar-refractivity contribution is -0.121. The van der Waals surface area contributed by atoms with Crippen LogP contribution in [-0.4, -0.2) is 59.1 Å². The Hall–Kier alpha value is -3.19. The second-order valence-corrected chi connectivity index (χ2v) is 9.90. The number of anilines is 1. The van der Waals surface area contributed by atoms with Crippen molar-refractivity contribution >= 4 is 22.6 Å². The van der Waals surface area contributed by atoms with E-state index in [4.69, 9.17) is 0 Å². The summed E-state index contributed by atoms with van der Waals surface area (Å²) in [6.07, 6.45) is 0.881. The van der Waals surface area contributed by atoms with Crippen molar-refractivity contribution in [1.29, 1.82) is 0 Å². The molecule has 1 fully saturated rings. The molecule has 1 aromatic heterocycles. The van der Waals surface area contributed by atoms with Crippen molar-refractivity contribution in [2.45, 2.75) is 53.6 Å². The zero-order chi connectivity index (χ0) is 25.1. The quantitative estimate of drug-likeness (QED) is 0.531. The molecule has 2 heterocycles. The highest BCUT2D eigenvalue weighted by Crippen LogP contribution is 2.21. The number of amides is 1. The van der Waals surface area contributed by atoms with Crippen LogP contribution in [0.2, 0.25) is 0 Å². The summed E-state index contributed by atoms with van der Waals surface area (Å²) in [6, 6.07) is 13.1. The lowest BCUT2D eigenvalue weighted by atomic mass is 10.1. The van der Waals surface area contributed by atoms with Gasteiger partial charge in [0.15, 0.2) is 0 Å². The summed E-state index contributed by atoms with van der Waals surface area (Å²) in [5, 5.41) is 3.00. The number of rotatable bonds is 7. The molecule has 1 aliphatic heterocycles. The average molecular weight is 476 g/mol. The molecule has 2 aromatic carbocycles. The third-order valence-corrected chi connectivity index (χ3v) is 7.04. The Morgan fingerprint density at radius 2 is 1.86 bits per heavy atom. The third-order valence-electron chi connectivity index (χ3n) is 7.04. The maximum absolute atomic E-state index is 12.7. The van der Waals surface area contributed by atoms with E-state index >= 15 is 0 Å². The van der Waals surface area contributed by atoms with E-state index in [0.717, 1.165) is 49.2 Å². The Labute approximate surface area is 207 Å². The van der Waals surface area contributed by atoms with E-state index in [2.05, 4.69) is 58.2 Å². The van der Waals surface area contributed by atoms with E-state index in [1.807, 2.05) is 26.0 Å². The first-order valence-electron chi connectivity index (χ1n) is 12.5. The van der Waals surface area contributed by atoms with Gasteiger partial charge >= 0.3 is 0 Å². The number of hydrogen-bond acceptors (Lipinski definition) is 5. The Morgan fingerprint density at radius 3 is 2.60 bits per heavy atom. The lowest BCUT2D eigenvalue weighted by Gasteiger charge is -2.41. The van der Waals surface area contributed by atoms with E-state index in [1.165, 1.54) is 11.3 Å². The van der Waals surface area contributed by atoms with Gasteiger partial charge in [-0.25, -0.2) is 4.98 Å². The van der Waals surface area contributed by atoms with Crippen molar-refractivity contribution in [3.05, 3.63) is 69.1 Å². The third kappa shape index (κ3) is 5.73. The highest BCUT2D eigenvalue weighted by Gasteiger charge is 2.23. The second-order valence-electron chi connectivity index (χ2n) is 9.90. The van der Waals surface area contributed by atoms with Crippen LogP contribution in [0.15, 0.2) is 41.2 Å². The number of hydrogen-bond donors (Lipinski definition) is 1. The van der Waals surface area contributed by atoms with Gasteiger partial charge in [-0.3, -0.25) is 19.1 Å². The molecule has 3 aromatic rings. The number of piperazine rings is 1. The molecule has 35 heavy (non-hydrogen) atoms. The van der Waals surface area contributed by atoms with Crippen LogP contribution in [0.4, 0.5) is 5.69 Å². The van der Waals surface area contributed by atoms with E-state index in [-0.39, 0.29) is 18.0 Å². The number of aromatic nitrogens is 2. The van der Waals surface area contributed by atoms with Gasteiger partial charge in [0.2, 0.25) is 5.91 Å². The minimum absolute atomic E-state index is 0.00734. The van der Waals surface area contributed by atoms with Gasteiger partial charge in [-0.2, -0.15) is 0 Å². The monoisotopic (exact) mass is 475 g/mol. The molecular weight excluding hydrogens is 438 g/mol. The van der Waals surface area contributed by atoms with Crippen molar-refractivity contribution in [1.82, 2.24) is 19.8 Å². The summed E-state index contributed by atoms with van der Waals surface area (Å²) >= 11 is 0. The molecule has 1 N–H and O–H groups in total. The van der Waals surface area contributed by atoms with Crippen LogP contribution in [-0.2, 0) is 11.3 Å². The summed E-state index contributed by atoms with van der Waals surface area (Å²) in [4.78, 5) is 34.8. The summed E-state index contributed by atoms with van der Waals surface area (Å²) in [6.45, 7) is 14.7. The number of carbonyl (C=O) groups is 1. The fourth-order valence-corrected chi connectivity index (χ4v) is 4.94. The second kappa shape index (κ2) is 10.6. The topological polar surface area (TPSA) is 70.5 Å². The number of nitrogens with one attached hydrogen (secondary N) is 1. The number of carbonyl (C=O) groups excluding carboxylic acids is 1. The number of aryl methyl sites for hydroxylation is 4. The summed E-state index contributed by atoms with van der Waals surface area (Å²) in [5.41, 5.74) is 6.43. The molecule has 0 spiro atoms. The highest BCUT2D eigenvalue weighted by atomic mass is 16.2. The summed E-state index contributed by atoms with van der Waals surface area (Å²) in [5.74, 6) is -0.144. The minimum atomic E-state index is -0.212. The first-order chi connectivity index (χ1) is 16.7. The zero-order valence-electron chi connectivity index (χ0n) is 21.6. The van der Waals surface area contributed by atoms with E-state index in [1.54, 1.807) is 11.5 Å². The van der Waals surface area contributed by atoms with Gasteiger partial charge in [-0.05, 0) is 88.5 Å². The minimum Gasteiger partial charge on any atom is -0.366 e. The molecule has 0 radical (unpaired) electrons. The predicted molar refractivity (Wildman–Crippen MR) is 142 cm³/mol. The van der Waals surface area contributed by atoms with Gasteiger partial charge in [0.05, 0.1) is 11.0 Å². The number of fused-ring (bicyclic) bond motifs is 1. The summed E-state index contributed by atoms with van der Waals surface area (Å²) < 4.78 is 1.55.